The summed E-state index contributed by atoms with van der Waals surface area (Å²) in [5, 5.41) is 3.49. The highest BCUT2D eigenvalue weighted by Crippen LogP contribution is 2.40. The Balaban J connectivity index is 2.14. The molecule has 1 aromatic carbocycles. The van der Waals surface area contributed by atoms with E-state index in [0.717, 1.165) is 18.5 Å². The molecule has 0 bridgehead atoms. The molecule has 0 saturated heterocycles. The Labute approximate surface area is 107 Å². The van der Waals surface area contributed by atoms with Crippen molar-refractivity contribution in [3.05, 3.63) is 34.6 Å². The molecule has 0 amide bonds. The highest BCUT2D eigenvalue weighted by Gasteiger charge is 2.33. The summed E-state index contributed by atoms with van der Waals surface area (Å²) in [4.78, 5) is 0. The van der Waals surface area contributed by atoms with E-state index in [2.05, 4.69) is 5.32 Å². The zero-order chi connectivity index (χ0) is 12.3. The van der Waals surface area contributed by atoms with Gasteiger partial charge in [-0.25, -0.2) is 4.39 Å². The minimum atomic E-state index is -0.304. The molecule has 94 valence electrons. The molecule has 1 nitrogen and oxygen atoms in total. The summed E-state index contributed by atoms with van der Waals surface area (Å²) in [5.41, 5.74) is 1.37. The average molecular weight is 256 g/mol. The van der Waals surface area contributed by atoms with Crippen molar-refractivity contribution in [2.24, 2.45) is 5.41 Å². The van der Waals surface area contributed by atoms with E-state index in [1.54, 1.807) is 12.1 Å². The standard InChI is InChI=1S/C14H19ClFN/c1-17-10-14(6-2-3-7-14)9-11-4-5-12(15)13(16)8-11/h4-5,8,17H,2-3,6-7,9-10H2,1H3. The van der Waals surface area contributed by atoms with Crippen molar-refractivity contribution in [3.63, 3.8) is 0 Å². The number of halogens is 2. The van der Waals surface area contributed by atoms with Crippen LogP contribution in [-0.4, -0.2) is 13.6 Å². The number of benzene rings is 1. The molecule has 1 aliphatic rings. The lowest BCUT2D eigenvalue weighted by Crippen LogP contribution is -2.32. The van der Waals surface area contributed by atoms with Crippen LogP contribution in [0.2, 0.25) is 5.02 Å². The second-order valence-corrected chi connectivity index (χ2v) is 5.57. The van der Waals surface area contributed by atoms with Crippen LogP contribution < -0.4 is 5.32 Å². The monoisotopic (exact) mass is 255 g/mol. The summed E-state index contributed by atoms with van der Waals surface area (Å²) < 4.78 is 13.4. The molecule has 3 heteroatoms. The van der Waals surface area contributed by atoms with E-state index in [-0.39, 0.29) is 10.8 Å². The fraction of sp³-hybridized carbons (Fsp3) is 0.571. The summed E-state index contributed by atoms with van der Waals surface area (Å²) in [6.45, 7) is 1.01. The van der Waals surface area contributed by atoms with Gasteiger partial charge in [-0.05, 0) is 49.4 Å². The second kappa shape index (κ2) is 5.36. The van der Waals surface area contributed by atoms with Gasteiger partial charge in [-0.2, -0.15) is 0 Å². The van der Waals surface area contributed by atoms with Crippen LogP contribution in [0.15, 0.2) is 18.2 Å². The first-order chi connectivity index (χ1) is 8.15. The molecular formula is C14H19ClFN. The maximum absolute atomic E-state index is 13.4. The van der Waals surface area contributed by atoms with Crippen LogP contribution in [-0.2, 0) is 6.42 Å². The van der Waals surface area contributed by atoms with E-state index >= 15 is 0 Å². The lowest BCUT2D eigenvalue weighted by Gasteiger charge is -2.29. The first-order valence-corrected chi connectivity index (χ1v) is 6.62. The van der Waals surface area contributed by atoms with Gasteiger partial charge in [-0.1, -0.05) is 30.5 Å². The highest BCUT2D eigenvalue weighted by atomic mass is 35.5. The van der Waals surface area contributed by atoms with Gasteiger partial charge in [-0.3, -0.25) is 0 Å². The summed E-state index contributed by atoms with van der Waals surface area (Å²) >= 11 is 5.71. The molecule has 1 aliphatic carbocycles. The molecule has 17 heavy (non-hydrogen) atoms. The Morgan fingerprint density at radius 2 is 2.06 bits per heavy atom. The summed E-state index contributed by atoms with van der Waals surface area (Å²) in [5.74, 6) is -0.304. The molecule has 1 saturated carbocycles. The van der Waals surface area contributed by atoms with Gasteiger partial charge < -0.3 is 5.32 Å². The Hall–Kier alpha value is -0.600. The fourth-order valence-electron chi connectivity index (χ4n) is 3.00. The Kier molecular flexibility index (Phi) is 4.05. The van der Waals surface area contributed by atoms with Crippen molar-refractivity contribution in [2.75, 3.05) is 13.6 Å². The van der Waals surface area contributed by atoms with Crippen LogP contribution in [0.5, 0.6) is 0 Å². The van der Waals surface area contributed by atoms with Gasteiger partial charge in [0.2, 0.25) is 0 Å². The van der Waals surface area contributed by atoms with E-state index in [9.17, 15) is 4.39 Å². The topological polar surface area (TPSA) is 12.0 Å². The molecule has 0 spiro atoms. The molecule has 0 aromatic heterocycles. The fourth-order valence-corrected chi connectivity index (χ4v) is 3.12. The van der Waals surface area contributed by atoms with Gasteiger partial charge in [0.05, 0.1) is 5.02 Å². The van der Waals surface area contributed by atoms with E-state index < -0.39 is 0 Å². The van der Waals surface area contributed by atoms with Crippen LogP contribution >= 0.6 is 11.6 Å². The van der Waals surface area contributed by atoms with Gasteiger partial charge in [0, 0.05) is 6.54 Å². The van der Waals surface area contributed by atoms with E-state index in [4.69, 9.17) is 11.6 Å². The molecule has 0 heterocycles. The minimum Gasteiger partial charge on any atom is -0.319 e. The van der Waals surface area contributed by atoms with Crippen molar-refractivity contribution >= 4 is 11.6 Å². The van der Waals surface area contributed by atoms with Crippen molar-refractivity contribution in [3.8, 4) is 0 Å². The Morgan fingerprint density at radius 1 is 1.35 bits per heavy atom. The SMILES string of the molecule is CNCC1(Cc2ccc(Cl)c(F)c2)CCCC1. The zero-order valence-electron chi connectivity index (χ0n) is 10.2. The lowest BCUT2D eigenvalue weighted by atomic mass is 9.80. The third kappa shape index (κ3) is 2.99. The van der Waals surface area contributed by atoms with Crippen LogP contribution in [0.4, 0.5) is 4.39 Å². The van der Waals surface area contributed by atoms with Gasteiger partial charge in [-0.15, -0.1) is 0 Å². The number of rotatable bonds is 4. The first-order valence-electron chi connectivity index (χ1n) is 6.24. The van der Waals surface area contributed by atoms with Gasteiger partial charge in [0.15, 0.2) is 0 Å². The smallest absolute Gasteiger partial charge is 0.142 e. The molecular weight excluding hydrogens is 237 g/mol. The quantitative estimate of drug-likeness (QED) is 0.863. The molecule has 2 rings (SSSR count). The minimum absolute atomic E-state index is 0.211. The van der Waals surface area contributed by atoms with Crippen molar-refractivity contribution in [1.29, 1.82) is 0 Å². The van der Waals surface area contributed by atoms with E-state index in [1.807, 2.05) is 13.1 Å². The average Bonchev–Trinajstić information content (AvgIpc) is 2.73. The highest BCUT2D eigenvalue weighted by molar-refractivity contribution is 6.30. The molecule has 1 fully saturated rings. The van der Waals surface area contributed by atoms with Crippen molar-refractivity contribution < 1.29 is 4.39 Å². The molecule has 0 radical (unpaired) electrons. The van der Waals surface area contributed by atoms with Crippen LogP contribution in [0, 0.1) is 11.2 Å². The van der Waals surface area contributed by atoms with Crippen molar-refractivity contribution in [1.82, 2.24) is 5.32 Å². The van der Waals surface area contributed by atoms with Gasteiger partial charge in [0.25, 0.3) is 0 Å². The van der Waals surface area contributed by atoms with Gasteiger partial charge in [0.1, 0.15) is 5.82 Å². The zero-order valence-corrected chi connectivity index (χ0v) is 11.0. The normalized spacial score (nSPS) is 18.5. The third-order valence-electron chi connectivity index (χ3n) is 3.78. The summed E-state index contributed by atoms with van der Waals surface area (Å²) in [6.07, 6.45) is 5.99. The summed E-state index contributed by atoms with van der Waals surface area (Å²) in [7, 11) is 1.99. The van der Waals surface area contributed by atoms with Crippen LogP contribution in [0.3, 0.4) is 0 Å². The molecule has 0 unspecified atom stereocenters. The van der Waals surface area contributed by atoms with Crippen LogP contribution in [0.25, 0.3) is 0 Å². The maximum atomic E-state index is 13.4. The molecule has 1 N–H and O–H groups in total. The number of hydrogen-bond donors (Lipinski definition) is 1. The second-order valence-electron chi connectivity index (χ2n) is 5.16. The summed E-state index contributed by atoms with van der Waals surface area (Å²) in [6, 6.07) is 5.19. The van der Waals surface area contributed by atoms with E-state index in [0.29, 0.717) is 5.41 Å². The van der Waals surface area contributed by atoms with Crippen molar-refractivity contribution in [2.45, 2.75) is 32.1 Å². The number of hydrogen-bond acceptors (Lipinski definition) is 1. The first kappa shape index (κ1) is 12.8. The molecule has 1 aromatic rings. The van der Waals surface area contributed by atoms with Gasteiger partial charge >= 0.3 is 0 Å². The van der Waals surface area contributed by atoms with E-state index in [1.165, 1.54) is 25.7 Å². The van der Waals surface area contributed by atoms with Crippen LogP contribution in [0.1, 0.15) is 31.2 Å². The molecule has 0 atom stereocenters. The number of nitrogens with one attached hydrogen (secondary N) is 1. The predicted molar refractivity (Wildman–Crippen MR) is 69.9 cm³/mol. The third-order valence-corrected chi connectivity index (χ3v) is 4.09. The maximum Gasteiger partial charge on any atom is 0.142 e. The predicted octanol–water partition coefficient (Wildman–Crippen LogP) is 3.80. The Bertz CT molecular complexity index is 386. The Morgan fingerprint density at radius 3 is 2.65 bits per heavy atom. The molecule has 0 aliphatic heterocycles. The largest absolute Gasteiger partial charge is 0.319 e. The lowest BCUT2D eigenvalue weighted by molar-refractivity contribution is 0.285.